The number of ether oxygens (including phenoxy) is 1. The minimum absolute atomic E-state index is 0.115. The smallest absolute Gasteiger partial charge is 0.324 e. The average molecular weight is 501 g/mol. The zero-order valence-corrected chi connectivity index (χ0v) is 18.8. The van der Waals surface area contributed by atoms with Crippen molar-refractivity contribution in [3.8, 4) is 11.8 Å². The molecule has 12 heteroatoms. The number of amides is 4. The quantitative estimate of drug-likeness (QED) is 0.319. The van der Waals surface area contributed by atoms with Crippen LogP contribution < -0.4 is 26.0 Å². The van der Waals surface area contributed by atoms with Crippen LogP contribution in [0.1, 0.15) is 12.0 Å². The van der Waals surface area contributed by atoms with E-state index in [0.717, 1.165) is 12.1 Å². The van der Waals surface area contributed by atoms with Crippen molar-refractivity contribution in [1.82, 2.24) is 10.3 Å². The second kappa shape index (κ2) is 12.2. The molecule has 0 radical (unpaired) electrons. The maximum atomic E-state index is 13.2. The Labute approximate surface area is 204 Å². The van der Waals surface area contributed by atoms with Gasteiger partial charge >= 0.3 is 12.1 Å². The first-order valence-corrected chi connectivity index (χ1v) is 10.6. The fraction of sp³-hybridized carbons (Fsp3) is 0.130. The Balaban J connectivity index is 1.46. The molecule has 0 aliphatic heterocycles. The van der Waals surface area contributed by atoms with Crippen molar-refractivity contribution >= 4 is 40.9 Å². The van der Waals surface area contributed by atoms with Crippen LogP contribution in [0.15, 0.2) is 54.7 Å². The molecule has 9 nitrogen and oxygen atoms in total. The molecule has 1 aromatic heterocycles. The number of anilines is 3. The number of rotatable bonds is 8. The highest BCUT2D eigenvalue weighted by Gasteiger charge is 2.11. The molecule has 4 N–H and O–H groups in total. The Bertz CT molecular complexity index is 1250. The summed E-state index contributed by atoms with van der Waals surface area (Å²) in [5.41, 5.74) is 0.787. The van der Waals surface area contributed by atoms with E-state index in [0.29, 0.717) is 28.4 Å². The molecule has 0 spiro atoms. The highest BCUT2D eigenvalue weighted by molar-refractivity contribution is 6.31. The minimum atomic E-state index is -1.06. The zero-order chi connectivity index (χ0) is 25.2. The number of urea groups is 2. The third kappa shape index (κ3) is 7.83. The molecule has 35 heavy (non-hydrogen) atoms. The summed E-state index contributed by atoms with van der Waals surface area (Å²) in [4.78, 5) is 28.2. The third-order valence-corrected chi connectivity index (χ3v) is 4.60. The molecule has 180 valence electrons. The molecular weight excluding hydrogens is 482 g/mol. The van der Waals surface area contributed by atoms with Gasteiger partial charge in [-0.1, -0.05) is 11.6 Å². The summed E-state index contributed by atoms with van der Waals surface area (Å²) in [6.07, 6.45) is 1.74. The Morgan fingerprint density at radius 1 is 1.00 bits per heavy atom. The van der Waals surface area contributed by atoms with Crippen LogP contribution >= 0.6 is 11.6 Å². The van der Waals surface area contributed by atoms with Crippen LogP contribution in [0, 0.1) is 23.0 Å². The second-order valence-corrected chi connectivity index (χ2v) is 7.41. The van der Waals surface area contributed by atoms with Gasteiger partial charge in [-0.2, -0.15) is 5.26 Å². The molecule has 1 heterocycles. The van der Waals surface area contributed by atoms with Crippen LogP contribution in [0.25, 0.3) is 0 Å². The second-order valence-electron chi connectivity index (χ2n) is 6.98. The lowest BCUT2D eigenvalue weighted by Gasteiger charge is -2.14. The van der Waals surface area contributed by atoms with E-state index in [9.17, 15) is 18.4 Å². The van der Waals surface area contributed by atoms with E-state index in [1.165, 1.54) is 30.5 Å². The van der Waals surface area contributed by atoms with E-state index in [1.54, 1.807) is 12.1 Å². The molecule has 0 fully saturated rings. The lowest BCUT2D eigenvalue weighted by Crippen LogP contribution is -2.30. The topological polar surface area (TPSA) is 128 Å². The van der Waals surface area contributed by atoms with Gasteiger partial charge in [0.05, 0.1) is 17.9 Å². The Hall–Kier alpha value is -4.43. The summed E-state index contributed by atoms with van der Waals surface area (Å²) >= 11 is 6.03. The summed E-state index contributed by atoms with van der Waals surface area (Å²) in [7, 11) is 0. The predicted molar refractivity (Wildman–Crippen MR) is 127 cm³/mol. The number of nitrogens with one attached hydrogen (secondary N) is 4. The van der Waals surface area contributed by atoms with Crippen LogP contribution in [0.3, 0.4) is 0 Å². The van der Waals surface area contributed by atoms with Gasteiger partial charge in [-0.25, -0.2) is 23.4 Å². The highest BCUT2D eigenvalue weighted by Crippen LogP contribution is 2.28. The van der Waals surface area contributed by atoms with Crippen molar-refractivity contribution in [3.05, 3.63) is 76.9 Å². The summed E-state index contributed by atoms with van der Waals surface area (Å²) in [6, 6.07) is 11.5. The molecule has 0 saturated carbocycles. The van der Waals surface area contributed by atoms with Crippen LogP contribution in [-0.2, 0) is 0 Å². The van der Waals surface area contributed by atoms with Gasteiger partial charge in [0, 0.05) is 29.5 Å². The van der Waals surface area contributed by atoms with Crippen molar-refractivity contribution in [2.45, 2.75) is 6.42 Å². The third-order valence-electron chi connectivity index (χ3n) is 4.37. The molecule has 0 atom stereocenters. The number of nitriles is 1. The molecule has 3 aromatic rings. The van der Waals surface area contributed by atoms with Crippen LogP contribution in [0.2, 0.25) is 5.02 Å². The van der Waals surface area contributed by atoms with E-state index in [1.807, 2.05) is 6.07 Å². The number of benzene rings is 2. The molecule has 2 aromatic carbocycles. The van der Waals surface area contributed by atoms with Gasteiger partial charge in [0.15, 0.2) is 11.6 Å². The van der Waals surface area contributed by atoms with Crippen LogP contribution in [0.5, 0.6) is 5.75 Å². The summed E-state index contributed by atoms with van der Waals surface area (Å²) in [5.74, 6) is -1.47. The van der Waals surface area contributed by atoms with Gasteiger partial charge in [0.2, 0.25) is 0 Å². The number of carbonyl (C=O) groups is 2. The number of halogens is 3. The van der Waals surface area contributed by atoms with Gasteiger partial charge in [-0.3, -0.25) is 5.32 Å². The highest BCUT2D eigenvalue weighted by atomic mass is 35.5. The fourth-order valence-electron chi connectivity index (χ4n) is 2.73. The molecule has 0 aliphatic carbocycles. The van der Waals surface area contributed by atoms with Crippen LogP contribution in [-0.4, -0.2) is 30.2 Å². The summed E-state index contributed by atoms with van der Waals surface area (Å²) in [6.45, 7) is 0.428. The lowest BCUT2D eigenvalue weighted by atomic mass is 10.3. The molecule has 4 amide bonds. The molecule has 3 rings (SSSR count). The summed E-state index contributed by atoms with van der Waals surface area (Å²) in [5, 5.41) is 19.3. The number of nitrogens with zero attached hydrogens (tertiary/aromatic N) is 2. The normalized spacial score (nSPS) is 10.1. The number of pyridine rings is 1. The number of carbonyl (C=O) groups excluding carboxylic acids is 2. The first-order chi connectivity index (χ1) is 16.8. The molecular formula is C23H19ClF2N6O3. The zero-order valence-electron chi connectivity index (χ0n) is 18.1. The van der Waals surface area contributed by atoms with Gasteiger partial charge in [-0.15, -0.1) is 0 Å². The monoisotopic (exact) mass is 500 g/mol. The Kier molecular flexibility index (Phi) is 8.75. The van der Waals surface area contributed by atoms with Gasteiger partial charge < -0.3 is 20.7 Å². The number of hydrogen-bond donors (Lipinski definition) is 4. The van der Waals surface area contributed by atoms with Gasteiger partial charge in [-0.05, 0) is 48.9 Å². The van der Waals surface area contributed by atoms with Crippen molar-refractivity contribution in [1.29, 1.82) is 5.26 Å². The molecule has 0 unspecified atom stereocenters. The van der Waals surface area contributed by atoms with E-state index < -0.39 is 23.7 Å². The van der Waals surface area contributed by atoms with Crippen molar-refractivity contribution in [2.75, 3.05) is 29.1 Å². The maximum absolute atomic E-state index is 13.2. The van der Waals surface area contributed by atoms with Crippen molar-refractivity contribution in [2.24, 2.45) is 0 Å². The lowest BCUT2D eigenvalue weighted by molar-refractivity contribution is 0.250. The van der Waals surface area contributed by atoms with Crippen molar-refractivity contribution in [3.63, 3.8) is 0 Å². The molecule has 0 aliphatic rings. The van der Waals surface area contributed by atoms with E-state index >= 15 is 0 Å². The van der Waals surface area contributed by atoms with Crippen molar-refractivity contribution < 1.29 is 23.1 Å². The van der Waals surface area contributed by atoms with Gasteiger partial charge in [0.1, 0.15) is 17.6 Å². The SMILES string of the molecule is N#Cc1ccc(NC(=O)Nc2cc(Cl)ccc2OCCCNC(=O)Nc2ccc(F)c(F)c2)nc1. The van der Waals surface area contributed by atoms with Gasteiger partial charge in [0.25, 0.3) is 0 Å². The summed E-state index contributed by atoms with van der Waals surface area (Å²) < 4.78 is 31.8. The van der Waals surface area contributed by atoms with Crippen LogP contribution in [0.4, 0.5) is 35.6 Å². The standard InChI is InChI=1S/C23H19ClF2N6O3/c24-15-3-6-20(19(10-15)31-23(34)32-21-7-2-14(12-27)13-29-21)35-9-1-8-28-22(33)30-16-4-5-17(25)18(26)11-16/h2-7,10-11,13H,1,8-9H2,(H2,28,30,33)(H2,29,31,32,34). The Morgan fingerprint density at radius 2 is 1.83 bits per heavy atom. The Morgan fingerprint density at radius 3 is 2.54 bits per heavy atom. The molecule has 0 saturated heterocycles. The average Bonchev–Trinajstić information content (AvgIpc) is 2.83. The number of aromatic nitrogens is 1. The van der Waals surface area contributed by atoms with E-state index in [-0.39, 0.29) is 24.7 Å². The molecule has 0 bridgehead atoms. The first-order valence-electron chi connectivity index (χ1n) is 10.2. The minimum Gasteiger partial charge on any atom is -0.491 e. The predicted octanol–water partition coefficient (Wildman–Crippen LogP) is 5.12. The maximum Gasteiger partial charge on any atom is 0.324 e. The van der Waals surface area contributed by atoms with E-state index in [4.69, 9.17) is 21.6 Å². The first kappa shape index (κ1) is 25.2. The fourth-order valence-corrected chi connectivity index (χ4v) is 2.91. The largest absolute Gasteiger partial charge is 0.491 e. The number of hydrogen-bond acceptors (Lipinski definition) is 5. The van der Waals surface area contributed by atoms with E-state index in [2.05, 4.69) is 26.3 Å².